The Morgan fingerprint density at radius 1 is 0.672 bits per heavy atom. The van der Waals surface area contributed by atoms with Crippen molar-refractivity contribution in [2.24, 2.45) is 11.5 Å². The predicted molar refractivity (Wildman–Crippen MR) is 225 cm³/mol. The first-order valence-electron chi connectivity index (χ1n) is 19.0. The van der Waals surface area contributed by atoms with E-state index in [2.05, 4.69) is 5.32 Å². The summed E-state index contributed by atoms with van der Waals surface area (Å²) in [6.45, 7) is 2.38. The zero-order chi connectivity index (χ0) is 40.9. The Labute approximate surface area is 336 Å². The minimum absolute atomic E-state index is 0.108. The first-order valence-corrected chi connectivity index (χ1v) is 19.0. The van der Waals surface area contributed by atoms with Crippen LogP contribution in [0.25, 0.3) is 12.2 Å². The van der Waals surface area contributed by atoms with Gasteiger partial charge in [-0.25, -0.2) is 0 Å². The fraction of sp³-hybridized carbons (Fsp3) is 0.217. The molecule has 5 aromatic carbocycles. The van der Waals surface area contributed by atoms with Crippen LogP contribution in [0.4, 0.5) is 18.9 Å². The van der Waals surface area contributed by atoms with Crippen LogP contribution >= 0.6 is 0 Å². The first kappa shape index (κ1) is 41.1. The van der Waals surface area contributed by atoms with Gasteiger partial charge in [0.1, 0.15) is 48.2 Å². The lowest BCUT2D eigenvalue weighted by molar-refractivity contribution is -0.139. The van der Waals surface area contributed by atoms with Crippen LogP contribution in [0.2, 0.25) is 0 Å². The van der Waals surface area contributed by atoms with E-state index in [-0.39, 0.29) is 36.6 Å². The van der Waals surface area contributed by atoms with Crippen molar-refractivity contribution in [2.45, 2.75) is 38.3 Å². The van der Waals surface area contributed by atoms with Crippen LogP contribution in [0, 0.1) is 10.8 Å². The van der Waals surface area contributed by atoms with E-state index in [1.165, 1.54) is 6.07 Å². The first-order chi connectivity index (χ1) is 28.0. The second-order valence-electron chi connectivity index (χ2n) is 13.8. The molecule has 0 atom stereocenters. The maximum atomic E-state index is 14.7. The monoisotopic (exact) mass is 788 g/mol. The van der Waals surface area contributed by atoms with E-state index in [1.807, 2.05) is 85.0 Å². The minimum atomic E-state index is -4.66. The number of benzene rings is 5. The predicted octanol–water partition coefficient (Wildman–Crippen LogP) is 8.80. The molecule has 0 spiro atoms. The normalized spacial score (nSPS) is 13.4. The van der Waals surface area contributed by atoms with Gasteiger partial charge in [0.15, 0.2) is 0 Å². The molecule has 1 heterocycles. The van der Waals surface area contributed by atoms with Gasteiger partial charge in [0.05, 0.1) is 5.56 Å². The third kappa shape index (κ3) is 11.5. The summed E-state index contributed by atoms with van der Waals surface area (Å²) < 4.78 is 62.2. The van der Waals surface area contributed by atoms with Gasteiger partial charge in [-0.2, -0.15) is 13.2 Å². The molecule has 7 N–H and O–H groups in total. The largest absolute Gasteiger partial charge is 0.490 e. The van der Waals surface area contributed by atoms with Crippen molar-refractivity contribution in [1.82, 2.24) is 5.32 Å². The fourth-order valence-corrected chi connectivity index (χ4v) is 6.46. The van der Waals surface area contributed by atoms with Gasteiger partial charge >= 0.3 is 6.18 Å². The summed E-state index contributed by atoms with van der Waals surface area (Å²) in [6, 6.07) is 34.0. The number of hydrogen-bond donors (Lipinski definition) is 5. The van der Waals surface area contributed by atoms with Gasteiger partial charge in [0, 0.05) is 41.0 Å². The van der Waals surface area contributed by atoms with E-state index in [0.29, 0.717) is 78.6 Å². The zero-order valence-corrected chi connectivity index (χ0v) is 32.0. The maximum Gasteiger partial charge on any atom is 0.420 e. The van der Waals surface area contributed by atoms with E-state index in [4.69, 9.17) is 36.5 Å². The van der Waals surface area contributed by atoms with Crippen molar-refractivity contribution < 1.29 is 27.4 Å². The molecule has 1 aliphatic rings. The second-order valence-corrected chi connectivity index (χ2v) is 13.8. The van der Waals surface area contributed by atoms with Crippen LogP contribution < -0.4 is 35.9 Å². The number of rotatable bonds is 17. The van der Waals surface area contributed by atoms with E-state index in [0.717, 1.165) is 17.2 Å². The Hall–Kier alpha value is -6.53. The Balaban J connectivity index is 1.31. The van der Waals surface area contributed by atoms with Gasteiger partial charge in [0.2, 0.25) is 0 Å². The van der Waals surface area contributed by atoms with Crippen LogP contribution in [-0.4, -0.2) is 44.0 Å². The summed E-state index contributed by atoms with van der Waals surface area (Å²) in [5.74, 6) is 0.705. The summed E-state index contributed by atoms with van der Waals surface area (Å²) in [4.78, 5) is 1.80. The lowest BCUT2D eigenvalue weighted by Crippen LogP contribution is -2.34. The number of piperidine rings is 1. The van der Waals surface area contributed by atoms with Crippen LogP contribution in [0.3, 0.4) is 0 Å². The standard InChI is InChI=1S/C46H47F3N6O3/c47-46(48,49)40-29-38(17-20-43(40)58-39-21-23-54-24-22-39)55(25-7-13-34-27-36(44(50)51)15-18-41(34)56-30-32-9-3-1-4-10-32)26-8-14-35-28-37(45(52)53)16-19-42(35)57-31-33-11-5-2-6-12-33/h1-20,27-29,39,54H,21-26,30-31H2,(H3,50,51)(H3,52,53)/b13-7+,14-8+. The highest BCUT2D eigenvalue weighted by molar-refractivity contribution is 5.96. The van der Waals surface area contributed by atoms with Crippen molar-refractivity contribution in [3.63, 3.8) is 0 Å². The number of halogens is 3. The van der Waals surface area contributed by atoms with Gasteiger partial charge in [0.25, 0.3) is 0 Å². The van der Waals surface area contributed by atoms with Crippen molar-refractivity contribution >= 4 is 29.5 Å². The van der Waals surface area contributed by atoms with Crippen LogP contribution in [-0.2, 0) is 19.4 Å². The molecule has 58 heavy (non-hydrogen) atoms. The van der Waals surface area contributed by atoms with Crippen LogP contribution in [0.5, 0.6) is 17.2 Å². The molecule has 0 aromatic heterocycles. The number of nitrogens with zero attached hydrogens (tertiary/aromatic N) is 1. The van der Waals surface area contributed by atoms with Gasteiger partial charge in [-0.15, -0.1) is 0 Å². The van der Waals surface area contributed by atoms with Crippen molar-refractivity contribution in [3.8, 4) is 17.2 Å². The molecule has 0 radical (unpaired) electrons. The van der Waals surface area contributed by atoms with Crippen molar-refractivity contribution in [1.29, 1.82) is 10.8 Å². The molecule has 12 heteroatoms. The molecule has 5 aromatic rings. The Morgan fingerprint density at radius 2 is 1.16 bits per heavy atom. The highest BCUT2D eigenvalue weighted by atomic mass is 19.4. The summed E-state index contributed by atoms with van der Waals surface area (Å²) in [6.07, 6.45) is 3.55. The lowest BCUT2D eigenvalue weighted by atomic mass is 10.1. The molecule has 0 unspecified atom stereocenters. The van der Waals surface area contributed by atoms with Crippen LogP contribution in [0.15, 0.2) is 127 Å². The number of amidine groups is 2. The molecular formula is C46H47F3N6O3. The number of alkyl halides is 3. The number of nitrogens with two attached hydrogens (primary N) is 2. The summed E-state index contributed by atoms with van der Waals surface area (Å²) in [5, 5.41) is 19.2. The number of hydrogen-bond acceptors (Lipinski definition) is 7. The molecule has 0 amide bonds. The third-order valence-corrected chi connectivity index (χ3v) is 9.58. The molecule has 0 aliphatic carbocycles. The topological polar surface area (TPSA) is 143 Å². The summed E-state index contributed by atoms with van der Waals surface area (Å²) in [7, 11) is 0. The van der Waals surface area contributed by atoms with Crippen molar-refractivity contribution in [2.75, 3.05) is 31.1 Å². The molecule has 6 rings (SSSR count). The van der Waals surface area contributed by atoms with Gasteiger partial charge in [-0.05, 0) is 91.7 Å². The molecule has 0 bridgehead atoms. The number of anilines is 1. The quantitative estimate of drug-likeness (QED) is 0.0468. The molecule has 0 saturated carbocycles. The molecule has 300 valence electrons. The highest BCUT2D eigenvalue weighted by Crippen LogP contribution is 2.40. The molecule has 1 aliphatic heterocycles. The van der Waals surface area contributed by atoms with Gasteiger partial charge in [-0.1, -0.05) is 85.0 Å². The fourth-order valence-electron chi connectivity index (χ4n) is 6.46. The lowest BCUT2D eigenvalue weighted by Gasteiger charge is -2.27. The third-order valence-electron chi connectivity index (χ3n) is 9.58. The minimum Gasteiger partial charge on any atom is -0.490 e. The Bertz CT molecular complexity index is 2100. The zero-order valence-electron chi connectivity index (χ0n) is 32.0. The number of ether oxygens (including phenoxy) is 3. The Kier molecular flexibility index (Phi) is 13.9. The average molecular weight is 789 g/mol. The second kappa shape index (κ2) is 19.6. The molecule has 1 saturated heterocycles. The Morgan fingerprint density at radius 3 is 1.62 bits per heavy atom. The SMILES string of the molecule is N=C(N)c1ccc(OCc2ccccc2)c(/C=C/CN(C/C=C/c2cc(C(=N)N)ccc2OCc2ccccc2)c2ccc(OC3CCNCC3)c(C(F)(F)F)c2)c1. The average Bonchev–Trinajstić information content (AvgIpc) is 3.23. The van der Waals surface area contributed by atoms with Gasteiger partial charge < -0.3 is 35.9 Å². The van der Waals surface area contributed by atoms with E-state index >= 15 is 0 Å². The number of nitrogens with one attached hydrogen (secondary N) is 3. The smallest absolute Gasteiger partial charge is 0.420 e. The number of nitrogen functional groups attached to an aromatic ring is 2. The molecule has 1 fully saturated rings. The molecular weight excluding hydrogens is 742 g/mol. The van der Waals surface area contributed by atoms with Crippen LogP contribution in [0.1, 0.15) is 51.8 Å². The van der Waals surface area contributed by atoms with Crippen molar-refractivity contribution in [3.05, 3.63) is 166 Å². The van der Waals surface area contributed by atoms with E-state index in [1.54, 1.807) is 47.4 Å². The maximum absolute atomic E-state index is 14.7. The van der Waals surface area contributed by atoms with E-state index < -0.39 is 11.7 Å². The summed E-state index contributed by atoms with van der Waals surface area (Å²) in [5.41, 5.74) is 15.4. The highest BCUT2D eigenvalue weighted by Gasteiger charge is 2.36. The van der Waals surface area contributed by atoms with Gasteiger partial charge in [-0.3, -0.25) is 10.8 Å². The summed E-state index contributed by atoms with van der Waals surface area (Å²) >= 11 is 0. The molecule has 9 nitrogen and oxygen atoms in total. The van der Waals surface area contributed by atoms with E-state index in [9.17, 15) is 13.2 Å².